The van der Waals surface area contributed by atoms with Crippen molar-refractivity contribution >= 4 is 33.4 Å². The molecule has 0 aliphatic heterocycles. The van der Waals surface area contributed by atoms with Gasteiger partial charge in [-0.15, -0.1) is 0 Å². The Hall–Kier alpha value is -4.13. The molecule has 0 unspecified atom stereocenters. The molecule has 228 valence electrons. The third-order valence-electron chi connectivity index (χ3n) is 6.72. The predicted molar refractivity (Wildman–Crippen MR) is 162 cm³/mol. The lowest BCUT2D eigenvalue weighted by molar-refractivity contribution is 0.102. The van der Waals surface area contributed by atoms with Gasteiger partial charge in [0.05, 0.1) is 36.6 Å². The first kappa shape index (κ1) is 32.4. The zero-order valence-electron chi connectivity index (χ0n) is 25.7. The zero-order valence-corrected chi connectivity index (χ0v) is 26.6. The molecule has 0 bridgehead atoms. The van der Waals surface area contributed by atoms with Crippen molar-refractivity contribution in [2.24, 2.45) is 5.41 Å². The Kier molecular flexibility index (Phi) is 9.25. The molecule has 1 aromatic heterocycles. The number of anilines is 2. The van der Waals surface area contributed by atoms with Crippen LogP contribution in [0.1, 0.15) is 70.0 Å². The molecule has 0 aliphatic rings. The minimum Gasteiger partial charge on any atom is -0.492 e. The number of nitrogens with one attached hydrogen (secondary N) is 3. The number of carbonyl (C=O) groups excluding carboxylic acids is 2. The first-order valence-corrected chi connectivity index (χ1v) is 15.2. The lowest BCUT2D eigenvalue weighted by atomic mass is 9.86. The highest BCUT2D eigenvalue weighted by Crippen LogP contribution is 2.39. The van der Waals surface area contributed by atoms with E-state index in [9.17, 15) is 18.0 Å². The third kappa shape index (κ3) is 8.21. The monoisotopic (exact) mass is 600 g/mol. The number of nitrogens with zero attached hydrogens (tertiary/aromatic N) is 3. The fraction of sp³-hybridized carbons (Fsp3) is 0.448. The molecule has 0 saturated heterocycles. The van der Waals surface area contributed by atoms with Gasteiger partial charge in [-0.1, -0.05) is 57.9 Å². The van der Waals surface area contributed by atoms with Crippen LogP contribution in [-0.4, -0.2) is 54.8 Å². The van der Waals surface area contributed by atoms with E-state index in [0.717, 1.165) is 17.4 Å². The van der Waals surface area contributed by atoms with Gasteiger partial charge in [-0.2, -0.15) is 0 Å². The van der Waals surface area contributed by atoms with Crippen molar-refractivity contribution in [2.45, 2.75) is 66.8 Å². The molecule has 1 atom stereocenters. The van der Waals surface area contributed by atoms with Gasteiger partial charge in [-0.25, -0.2) is 17.9 Å². The number of aryl methyl sites for hydroxylation is 1. The van der Waals surface area contributed by atoms with E-state index in [-0.39, 0.29) is 34.2 Å². The molecule has 3 N–H and O–H groups in total. The first-order valence-electron chi connectivity index (χ1n) is 13.3. The van der Waals surface area contributed by atoms with E-state index in [1.165, 1.54) is 18.0 Å². The van der Waals surface area contributed by atoms with Crippen LogP contribution in [0.5, 0.6) is 11.6 Å². The summed E-state index contributed by atoms with van der Waals surface area (Å²) >= 11 is 0. The predicted octanol–water partition coefficient (Wildman–Crippen LogP) is 5.03. The Morgan fingerprint density at radius 2 is 1.67 bits per heavy atom. The van der Waals surface area contributed by atoms with Crippen LogP contribution in [0.15, 0.2) is 36.5 Å². The number of aromatic nitrogens is 3. The second kappa shape index (κ2) is 12.0. The maximum atomic E-state index is 13.4. The Morgan fingerprint density at radius 1 is 1.02 bits per heavy atom. The average molecular weight is 601 g/mol. The maximum absolute atomic E-state index is 13.4. The van der Waals surface area contributed by atoms with Gasteiger partial charge in [-0.3, -0.25) is 9.52 Å². The summed E-state index contributed by atoms with van der Waals surface area (Å²) in [4.78, 5) is 25.8. The standard InChI is InChI=1S/C29H40N6O6S/c1-17-11-12-19(13-23(17)35-16-24(32-34-35)41-27(37)30-18(2)28(3,4)5)26(36)31-21-14-20(29(6,7)8)15-22(25(21)40-9)33-42(10,38)39/h11-16,18,33H,1-10H3,(H,30,37)(H,31,36)/t18-/m0/s1. The van der Waals surface area contributed by atoms with Crippen LogP contribution < -0.4 is 24.8 Å². The number of amides is 2. The lowest BCUT2D eigenvalue weighted by Crippen LogP contribution is -2.42. The number of hydrogen-bond acceptors (Lipinski definition) is 8. The van der Waals surface area contributed by atoms with Gasteiger partial charge in [0.1, 0.15) is 0 Å². The molecule has 0 fully saturated rings. The van der Waals surface area contributed by atoms with Gasteiger partial charge in [0.25, 0.3) is 11.8 Å². The number of methoxy groups -OCH3 is 1. The highest BCUT2D eigenvalue weighted by Gasteiger charge is 2.24. The quantitative estimate of drug-likeness (QED) is 0.325. The van der Waals surface area contributed by atoms with Gasteiger partial charge in [0.15, 0.2) is 5.75 Å². The van der Waals surface area contributed by atoms with E-state index in [0.29, 0.717) is 16.9 Å². The van der Waals surface area contributed by atoms with E-state index in [2.05, 4.69) is 25.7 Å². The van der Waals surface area contributed by atoms with Gasteiger partial charge in [-0.05, 0) is 60.1 Å². The molecular weight excluding hydrogens is 560 g/mol. The van der Waals surface area contributed by atoms with Crippen molar-refractivity contribution in [1.82, 2.24) is 20.3 Å². The number of hydrogen-bond donors (Lipinski definition) is 3. The molecule has 13 heteroatoms. The molecule has 12 nitrogen and oxygen atoms in total. The van der Waals surface area contributed by atoms with E-state index < -0.39 is 22.0 Å². The molecule has 2 aromatic carbocycles. The van der Waals surface area contributed by atoms with Crippen molar-refractivity contribution in [3.8, 4) is 17.3 Å². The molecule has 42 heavy (non-hydrogen) atoms. The Bertz CT molecular complexity index is 1580. The summed E-state index contributed by atoms with van der Waals surface area (Å²) < 4.78 is 38.8. The van der Waals surface area contributed by atoms with Gasteiger partial charge >= 0.3 is 6.09 Å². The van der Waals surface area contributed by atoms with Crippen LogP contribution in [0.2, 0.25) is 0 Å². The van der Waals surface area contributed by atoms with Crippen LogP contribution in [0, 0.1) is 12.3 Å². The highest BCUT2D eigenvalue weighted by atomic mass is 32.2. The topological polar surface area (TPSA) is 154 Å². The molecule has 0 spiro atoms. The summed E-state index contributed by atoms with van der Waals surface area (Å²) in [5, 5.41) is 13.6. The molecule has 2 amide bonds. The van der Waals surface area contributed by atoms with Crippen LogP contribution in [-0.2, 0) is 15.4 Å². The first-order chi connectivity index (χ1) is 19.3. The Balaban J connectivity index is 1.90. The smallest absolute Gasteiger partial charge is 0.414 e. The van der Waals surface area contributed by atoms with Gasteiger partial charge in [0.2, 0.25) is 10.0 Å². The fourth-order valence-electron chi connectivity index (χ4n) is 3.77. The molecule has 3 aromatic rings. The summed E-state index contributed by atoms with van der Waals surface area (Å²) in [6.45, 7) is 15.7. The SMILES string of the molecule is COc1c(NC(=O)c2ccc(C)c(-n3cc(OC(=O)N[C@@H](C)C(C)(C)C)nn3)c2)cc(C(C)(C)C)cc1NS(C)(=O)=O. The molecule has 1 heterocycles. The number of benzene rings is 2. The molecule has 0 aliphatic carbocycles. The van der Waals surface area contributed by atoms with Crippen molar-refractivity contribution in [3.63, 3.8) is 0 Å². The minimum absolute atomic E-state index is 0.00231. The molecule has 0 saturated carbocycles. The molecular formula is C29H40N6O6S. The fourth-order valence-corrected chi connectivity index (χ4v) is 4.32. The van der Waals surface area contributed by atoms with Crippen LogP contribution in [0.4, 0.5) is 16.2 Å². The number of carbonyl (C=O) groups is 2. The van der Waals surface area contributed by atoms with Crippen LogP contribution in [0.25, 0.3) is 5.69 Å². The number of sulfonamides is 1. The van der Waals surface area contributed by atoms with Crippen molar-refractivity contribution < 1.29 is 27.5 Å². The number of ether oxygens (including phenoxy) is 2. The van der Waals surface area contributed by atoms with E-state index in [1.54, 1.807) is 30.3 Å². The Morgan fingerprint density at radius 3 is 2.24 bits per heavy atom. The summed E-state index contributed by atoms with van der Waals surface area (Å²) in [6.07, 6.45) is 1.84. The van der Waals surface area contributed by atoms with Crippen molar-refractivity contribution in [3.05, 3.63) is 53.2 Å². The second-order valence-electron chi connectivity index (χ2n) is 12.3. The Labute approximate surface area is 247 Å². The van der Waals surface area contributed by atoms with E-state index in [1.807, 2.05) is 55.4 Å². The normalized spacial score (nSPS) is 12.8. The molecule has 3 rings (SSSR count). The maximum Gasteiger partial charge on any atom is 0.414 e. The summed E-state index contributed by atoms with van der Waals surface area (Å²) in [5.41, 5.74) is 2.42. The van der Waals surface area contributed by atoms with Crippen molar-refractivity contribution in [1.29, 1.82) is 0 Å². The average Bonchev–Trinajstić information content (AvgIpc) is 3.29. The van der Waals surface area contributed by atoms with E-state index in [4.69, 9.17) is 9.47 Å². The zero-order chi connectivity index (χ0) is 31.6. The number of rotatable bonds is 8. The molecule has 0 radical (unpaired) electrons. The second-order valence-corrected chi connectivity index (χ2v) is 14.1. The highest BCUT2D eigenvalue weighted by molar-refractivity contribution is 7.92. The third-order valence-corrected chi connectivity index (χ3v) is 7.31. The summed E-state index contributed by atoms with van der Waals surface area (Å²) in [7, 11) is -2.23. The van der Waals surface area contributed by atoms with Crippen LogP contribution in [0.3, 0.4) is 0 Å². The summed E-state index contributed by atoms with van der Waals surface area (Å²) in [6, 6.07) is 8.34. The minimum atomic E-state index is -3.62. The van der Waals surface area contributed by atoms with Gasteiger partial charge in [0, 0.05) is 11.6 Å². The van der Waals surface area contributed by atoms with Crippen LogP contribution >= 0.6 is 0 Å². The summed E-state index contributed by atoms with van der Waals surface area (Å²) in [5.74, 6) is -0.290. The largest absolute Gasteiger partial charge is 0.492 e. The van der Waals surface area contributed by atoms with Gasteiger partial charge < -0.3 is 20.1 Å². The van der Waals surface area contributed by atoms with E-state index >= 15 is 0 Å². The van der Waals surface area contributed by atoms with Crippen molar-refractivity contribution in [2.75, 3.05) is 23.4 Å². The lowest BCUT2D eigenvalue weighted by Gasteiger charge is -2.27.